The predicted molar refractivity (Wildman–Crippen MR) is 56.8 cm³/mol. The Balaban J connectivity index is 1.86. The van der Waals surface area contributed by atoms with Crippen molar-refractivity contribution in [1.82, 2.24) is 15.0 Å². The molecule has 0 amide bonds. The van der Waals surface area contributed by atoms with Crippen molar-refractivity contribution in [2.75, 3.05) is 0 Å². The fourth-order valence-corrected chi connectivity index (χ4v) is 1.93. The van der Waals surface area contributed by atoms with Crippen LogP contribution in [0.4, 0.5) is 4.39 Å². The van der Waals surface area contributed by atoms with Gasteiger partial charge in [0.1, 0.15) is 11.7 Å². The third-order valence-electron chi connectivity index (χ3n) is 2.74. The van der Waals surface area contributed by atoms with Crippen LogP contribution in [-0.2, 0) is 13.1 Å². The SMILES string of the molecule is N=C1c2cc(F)ccc2CN1Cc1ncon1. The van der Waals surface area contributed by atoms with Crippen molar-refractivity contribution in [2.45, 2.75) is 13.1 Å². The third-order valence-corrected chi connectivity index (χ3v) is 2.74. The fraction of sp³-hybridized carbons (Fsp3) is 0.182. The number of nitrogens with one attached hydrogen (secondary N) is 1. The van der Waals surface area contributed by atoms with Crippen LogP contribution in [0.3, 0.4) is 0 Å². The Morgan fingerprint density at radius 1 is 1.47 bits per heavy atom. The van der Waals surface area contributed by atoms with Crippen LogP contribution < -0.4 is 0 Å². The molecule has 1 aromatic carbocycles. The molecule has 2 aromatic rings. The molecule has 17 heavy (non-hydrogen) atoms. The van der Waals surface area contributed by atoms with Crippen LogP contribution in [0.25, 0.3) is 0 Å². The number of nitrogens with zero attached hydrogens (tertiary/aromatic N) is 3. The molecule has 0 spiro atoms. The summed E-state index contributed by atoms with van der Waals surface area (Å²) < 4.78 is 17.7. The minimum Gasteiger partial charge on any atom is -0.345 e. The van der Waals surface area contributed by atoms with E-state index in [4.69, 9.17) is 5.41 Å². The molecule has 6 heteroatoms. The topological polar surface area (TPSA) is 66.0 Å². The summed E-state index contributed by atoms with van der Waals surface area (Å²) in [5.74, 6) is 0.488. The van der Waals surface area contributed by atoms with Crippen molar-refractivity contribution in [1.29, 1.82) is 5.41 Å². The maximum absolute atomic E-state index is 13.1. The number of aromatic nitrogens is 2. The van der Waals surface area contributed by atoms with Crippen LogP contribution in [-0.4, -0.2) is 20.9 Å². The van der Waals surface area contributed by atoms with Gasteiger partial charge in [-0.1, -0.05) is 11.2 Å². The Kier molecular flexibility index (Phi) is 2.14. The van der Waals surface area contributed by atoms with E-state index in [9.17, 15) is 4.39 Å². The van der Waals surface area contributed by atoms with E-state index >= 15 is 0 Å². The zero-order valence-corrected chi connectivity index (χ0v) is 8.85. The lowest BCUT2D eigenvalue weighted by molar-refractivity contribution is 0.374. The van der Waals surface area contributed by atoms with Gasteiger partial charge in [-0.2, -0.15) is 4.98 Å². The molecule has 0 atom stereocenters. The number of halogens is 1. The summed E-state index contributed by atoms with van der Waals surface area (Å²) in [5.41, 5.74) is 1.58. The van der Waals surface area contributed by atoms with E-state index in [1.807, 2.05) is 0 Å². The van der Waals surface area contributed by atoms with E-state index in [0.29, 0.717) is 30.3 Å². The third kappa shape index (κ3) is 1.67. The van der Waals surface area contributed by atoms with Crippen LogP contribution in [0.1, 0.15) is 17.0 Å². The zero-order chi connectivity index (χ0) is 11.8. The average Bonchev–Trinajstić information content (AvgIpc) is 2.91. The summed E-state index contributed by atoms with van der Waals surface area (Å²) in [6.07, 6.45) is 1.25. The molecule has 0 aliphatic carbocycles. The number of amidine groups is 1. The average molecular weight is 232 g/mol. The second-order valence-corrected chi connectivity index (χ2v) is 3.85. The van der Waals surface area contributed by atoms with Gasteiger partial charge in [0.2, 0.25) is 6.39 Å². The minimum absolute atomic E-state index is 0.296. The first-order valence-electron chi connectivity index (χ1n) is 5.11. The molecule has 3 rings (SSSR count). The maximum atomic E-state index is 13.1. The van der Waals surface area contributed by atoms with Gasteiger partial charge in [-0.3, -0.25) is 5.41 Å². The standard InChI is InChI=1S/C11H9FN4O/c12-8-2-1-7-4-16(11(13)9(7)3-8)5-10-14-6-17-15-10/h1-3,6,13H,4-5H2. The zero-order valence-electron chi connectivity index (χ0n) is 8.85. The lowest BCUT2D eigenvalue weighted by atomic mass is 10.1. The molecule has 1 aliphatic rings. The van der Waals surface area contributed by atoms with Crippen molar-refractivity contribution in [3.63, 3.8) is 0 Å². The lowest BCUT2D eigenvalue weighted by Crippen LogP contribution is -2.23. The number of hydrogen-bond acceptors (Lipinski definition) is 4. The first-order chi connectivity index (χ1) is 8.24. The van der Waals surface area contributed by atoms with Crippen molar-refractivity contribution in [3.8, 4) is 0 Å². The van der Waals surface area contributed by atoms with Gasteiger partial charge in [-0.05, 0) is 17.7 Å². The van der Waals surface area contributed by atoms with Gasteiger partial charge in [-0.25, -0.2) is 4.39 Å². The van der Waals surface area contributed by atoms with Crippen LogP contribution in [0.15, 0.2) is 29.1 Å². The molecular weight excluding hydrogens is 223 g/mol. The fourth-order valence-electron chi connectivity index (χ4n) is 1.93. The molecule has 1 N–H and O–H groups in total. The highest BCUT2D eigenvalue weighted by Crippen LogP contribution is 2.24. The molecule has 86 valence electrons. The van der Waals surface area contributed by atoms with Crippen molar-refractivity contribution < 1.29 is 8.91 Å². The predicted octanol–water partition coefficient (Wildman–Crippen LogP) is 1.55. The van der Waals surface area contributed by atoms with E-state index in [2.05, 4.69) is 14.7 Å². The molecule has 0 saturated carbocycles. The summed E-state index contributed by atoms with van der Waals surface area (Å²) in [6, 6.07) is 4.49. The lowest BCUT2D eigenvalue weighted by Gasteiger charge is -2.14. The first kappa shape index (κ1) is 9.95. The van der Waals surface area contributed by atoms with Gasteiger partial charge in [0.25, 0.3) is 0 Å². The number of rotatable bonds is 2. The van der Waals surface area contributed by atoms with E-state index < -0.39 is 0 Å². The van der Waals surface area contributed by atoms with Gasteiger partial charge in [0.15, 0.2) is 5.82 Å². The van der Waals surface area contributed by atoms with Crippen LogP contribution in [0.2, 0.25) is 0 Å². The van der Waals surface area contributed by atoms with E-state index in [1.54, 1.807) is 11.0 Å². The summed E-state index contributed by atoms with van der Waals surface area (Å²) in [4.78, 5) is 5.68. The minimum atomic E-state index is -0.324. The quantitative estimate of drug-likeness (QED) is 0.853. The Morgan fingerprint density at radius 2 is 2.35 bits per heavy atom. The molecule has 0 fully saturated rings. The van der Waals surface area contributed by atoms with Gasteiger partial charge in [0, 0.05) is 12.1 Å². The summed E-state index contributed by atoms with van der Waals surface area (Å²) in [7, 11) is 0. The molecule has 0 radical (unpaired) electrons. The van der Waals surface area contributed by atoms with Crippen molar-refractivity contribution >= 4 is 5.84 Å². The smallest absolute Gasteiger partial charge is 0.213 e. The maximum Gasteiger partial charge on any atom is 0.213 e. The van der Waals surface area contributed by atoms with Crippen LogP contribution in [0, 0.1) is 11.2 Å². The number of hydrogen-bond donors (Lipinski definition) is 1. The summed E-state index contributed by atoms with van der Waals surface area (Å²) in [6.45, 7) is 0.967. The molecule has 0 unspecified atom stereocenters. The normalized spacial score (nSPS) is 14.2. The largest absolute Gasteiger partial charge is 0.345 e. The molecule has 0 saturated heterocycles. The Bertz CT molecular complexity index is 567. The summed E-state index contributed by atoms with van der Waals surface area (Å²) in [5, 5.41) is 11.7. The van der Waals surface area contributed by atoms with Crippen molar-refractivity contribution in [2.24, 2.45) is 0 Å². The molecular formula is C11H9FN4O. The van der Waals surface area contributed by atoms with Crippen molar-refractivity contribution in [3.05, 3.63) is 47.4 Å². The van der Waals surface area contributed by atoms with Crippen LogP contribution in [0.5, 0.6) is 0 Å². The van der Waals surface area contributed by atoms with Gasteiger partial charge < -0.3 is 9.42 Å². The molecule has 5 nitrogen and oxygen atoms in total. The van der Waals surface area contributed by atoms with E-state index in [0.717, 1.165) is 5.56 Å². The van der Waals surface area contributed by atoms with E-state index in [-0.39, 0.29) is 5.82 Å². The number of benzene rings is 1. The highest BCUT2D eigenvalue weighted by Gasteiger charge is 2.25. The van der Waals surface area contributed by atoms with Crippen LogP contribution >= 0.6 is 0 Å². The molecule has 2 heterocycles. The Hall–Kier alpha value is -2.24. The van der Waals surface area contributed by atoms with Gasteiger partial charge in [-0.15, -0.1) is 0 Å². The molecule has 1 aliphatic heterocycles. The van der Waals surface area contributed by atoms with E-state index in [1.165, 1.54) is 18.5 Å². The van der Waals surface area contributed by atoms with Gasteiger partial charge >= 0.3 is 0 Å². The van der Waals surface area contributed by atoms with Gasteiger partial charge in [0.05, 0.1) is 6.54 Å². The molecule has 0 bridgehead atoms. The monoisotopic (exact) mass is 232 g/mol. The Labute approximate surface area is 96.4 Å². The molecule has 1 aromatic heterocycles. The second kappa shape index (κ2) is 3.65. The Morgan fingerprint density at radius 3 is 3.12 bits per heavy atom. The summed E-state index contributed by atoms with van der Waals surface area (Å²) >= 11 is 0. The highest BCUT2D eigenvalue weighted by molar-refractivity contribution is 6.00. The highest BCUT2D eigenvalue weighted by atomic mass is 19.1. The number of fused-ring (bicyclic) bond motifs is 1. The first-order valence-corrected chi connectivity index (χ1v) is 5.11. The second-order valence-electron chi connectivity index (χ2n) is 3.85.